The molecular formula is C17H25N3O4S. The van der Waals surface area contributed by atoms with E-state index in [0.29, 0.717) is 13.1 Å². The summed E-state index contributed by atoms with van der Waals surface area (Å²) in [7, 11) is -0.498. The minimum absolute atomic E-state index is 0.00777. The van der Waals surface area contributed by atoms with Crippen LogP contribution in [-0.4, -0.2) is 56.1 Å². The van der Waals surface area contributed by atoms with Gasteiger partial charge in [0.2, 0.25) is 21.8 Å². The van der Waals surface area contributed by atoms with Gasteiger partial charge in [-0.1, -0.05) is 12.1 Å². The Balaban J connectivity index is 1.94. The molecule has 138 valence electrons. The molecule has 7 nitrogen and oxygen atoms in total. The Labute approximate surface area is 149 Å². The number of likely N-dealkylation sites (tertiary alicyclic amines) is 1. The lowest BCUT2D eigenvalue weighted by Crippen LogP contribution is -2.35. The molecule has 1 aliphatic heterocycles. The number of benzene rings is 1. The number of rotatable bonds is 6. The smallest absolute Gasteiger partial charge is 0.242 e. The van der Waals surface area contributed by atoms with Crippen molar-refractivity contribution >= 4 is 21.8 Å². The quantitative estimate of drug-likeness (QED) is 0.806. The van der Waals surface area contributed by atoms with E-state index in [1.165, 1.54) is 26.2 Å². The van der Waals surface area contributed by atoms with Crippen molar-refractivity contribution in [3.8, 4) is 0 Å². The van der Waals surface area contributed by atoms with E-state index in [2.05, 4.69) is 5.32 Å². The van der Waals surface area contributed by atoms with Gasteiger partial charge in [-0.05, 0) is 31.5 Å². The molecule has 25 heavy (non-hydrogen) atoms. The van der Waals surface area contributed by atoms with E-state index in [-0.39, 0.29) is 35.1 Å². The Morgan fingerprint density at radius 1 is 1.28 bits per heavy atom. The van der Waals surface area contributed by atoms with Gasteiger partial charge in [0.05, 0.1) is 10.8 Å². The van der Waals surface area contributed by atoms with Crippen LogP contribution in [0.3, 0.4) is 0 Å². The van der Waals surface area contributed by atoms with E-state index in [9.17, 15) is 18.0 Å². The van der Waals surface area contributed by atoms with Crippen molar-refractivity contribution in [3.63, 3.8) is 0 Å². The van der Waals surface area contributed by atoms with Crippen LogP contribution in [0.25, 0.3) is 0 Å². The van der Waals surface area contributed by atoms with Gasteiger partial charge in [0.1, 0.15) is 0 Å². The molecule has 0 spiro atoms. The molecule has 0 aliphatic carbocycles. The summed E-state index contributed by atoms with van der Waals surface area (Å²) < 4.78 is 25.2. The first-order valence-corrected chi connectivity index (χ1v) is 9.65. The summed E-state index contributed by atoms with van der Waals surface area (Å²) in [5.41, 5.74) is 0.802. The second-order valence-electron chi connectivity index (χ2n) is 6.69. The molecule has 0 saturated carbocycles. The van der Waals surface area contributed by atoms with Crippen LogP contribution in [0.5, 0.6) is 0 Å². The molecule has 1 aromatic carbocycles. The molecule has 1 fully saturated rings. The third-order valence-electron chi connectivity index (χ3n) is 4.32. The van der Waals surface area contributed by atoms with Crippen molar-refractivity contribution in [2.45, 2.75) is 37.8 Å². The fourth-order valence-electron chi connectivity index (χ4n) is 2.73. The van der Waals surface area contributed by atoms with Gasteiger partial charge in [-0.2, -0.15) is 0 Å². The maximum atomic E-state index is 12.3. The number of hydrogen-bond donors (Lipinski definition) is 1. The molecular weight excluding hydrogens is 342 g/mol. The van der Waals surface area contributed by atoms with E-state index >= 15 is 0 Å². The van der Waals surface area contributed by atoms with Crippen LogP contribution in [0, 0.1) is 5.92 Å². The Kier molecular flexibility index (Phi) is 5.84. The molecule has 0 radical (unpaired) electrons. The number of nitrogens with one attached hydrogen (secondary N) is 1. The molecule has 0 aromatic heterocycles. The second kappa shape index (κ2) is 7.53. The molecule has 0 bridgehead atoms. The van der Waals surface area contributed by atoms with Gasteiger partial charge in [-0.25, -0.2) is 12.7 Å². The van der Waals surface area contributed by atoms with Crippen LogP contribution in [0.4, 0.5) is 0 Å². The highest BCUT2D eigenvalue weighted by Crippen LogP contribution is 2.20. The summed E-state index contributed by atoms with van der Waals surface area (Å²) in [6.45, 7) is 4.61. The predicted octanol–water partition coefficient (Wildman–Crippen LogP) is 0.810. The average molecular weight is 367 g/mol. The molecule has 0 unspecified atom stereocenters. The Hall–Kier alpha value is -1.93. The first-order valence-electron chi connectivity index (χ1n) is 8.21. The van der Waals surface area contributed by atoms with Crippen molar-refractivity contribution in [1.29, 1.82) is 0 Å². The van der Waals surface area contributed by atoms with E-state index in [1.807, 2.05) is 13.8 Å². The first kappa shape index (κ1) is 19.4. The van der Waals surface area contributed by atoms with Gasteiger partial charge in [0.15, 0.2) is 0 Å². The van der Waals surface area contributed by atoms with Crippen LogP contribution in [0.2, 0.25) is 0 Å². The van der Waals surface area contributed by atoms with Gasteiger partial charge < -0.3 is 10.2 Å². The fourth-order valence-corrected chi connectivity index (χ4v) is 3.63. The largest absolute Gasteiger partial charge is 0.352 e. The van der Waals surface area contributed by atoms with Crippen LogP contribution in [0.15, 0.2) is 29.2 Å². The Bertz CT molecular complexity index is 742. The van der Waals surface area contributed by atoms with Crippen LogP contribution < -0.4 is 5.32 Å². The zero-order chi connectivity index (χ0) is 18.8. The topological polar surface area (TPSA) is 86.8 Å². The van der Waals surface area contributed by atoms with Gasteiger partial charge in [-0.3, -0.25) is 9.59 Å². The third kappa shape index (κ3) is 4.38. The Morgan fingerprint density at radius 3 is 2.36 bits per heavy atom. The standard InChI is InChI=1S/C17H25N3O4S/c1-12(2)20-11-14(9-16(20)21)17(22)18-10-13-5-7-15(8-6-13)25(23,24)19(3)4/h5-8,12,14H,9-11H2,1-4H3,(H,18,22)/t14-/m0/s1. The molecule has 1 aromatic rings. The number of carbonyl (C=O) groups is 2. The molecule has 1 saturated heterocycles. The van der Waals surface area contributed by atoms with Crippen molar-refractivity contribution in [2.75, 3.05) is 20.6 Å². The van der Waals surface area contributed by atoms with E-state index in [4.69, 9.17) is 0 Å². The fraction of sp³-hybridized carbons (Fsp3) is 0.529. The number of nitrogens with zero attached hydrogens (tertiary/aromatic N) is 2. The van der Waals surface area contributed by atoms with Gasteiger partial charge in [0, 0.05) is 39.6 Å². The van der Waals surface area contributed by atoms with Gasteiger partial charge in [0.25, 0.3) is 0 Å². The van der Waals surface area contributed by atoms with Crippen molar-refractivity contribution in [3.05, 3.63) is 29.8 Å². The van der Waals surface area contributed by atoms with Crippen LogP contribution in [-0.2, 0) is 26.2 Å². The highest BCUT2D eigenvalue weighted by atomic mass is 32.2. The maximum absolute atomic E-state index is 12.3. The second-order valence-corrected chi connectivity index (χ2v) is 8.84. The lowest BCUT2D eigenvalue weighted by molar-refractivity contribution is -0.130. The summed E-state index contributed by atoms with van der Waals surface area (Å²) in [6.07, 6.45) is 0.240. The predicted molar refractivity (Wildman–Crippen MR) is 94.1 cm³/mol. The van der Waals surface area contributed by atoms with Crippen LogP contribution in [0.1, 0.15) is 25.8 Å². The highest BCUT2D eigenvalue weighted by Gasteiger charge is 2.35. The van der Waals surface area contributed by atoms with Gasteiger partial charge in [-0.15, -0.1) is 0 Å². The molecule has 1 aliphatic rings. The molecule has 1 heterocycles. The van der Waals surface area contributed by atoms with Gasteiger partial charge >= 0.3 is 0 Å². The highest BCUT2D eigenvalue weighted by molar-refractivity contribution is 7.89. The number of sulfonamides is 1. The zero-order valence-corrected chi connectivity index (χ0v) is 15.8. The normalized spacial score (nSPS) is 18.2. The maximum Gasteiger partial charge on any atom is 0.242 e. The molecule has 8 heteroatoms. The van der Waals surface area contributed by atoms with Crippen molar-refractivity contribution in [1.82, 2.24) is 14.5 Å². The summed E-state index contributed by atoms with van der Waals surface area (Å²) in [6, 6.07) is 6.50. The number of hydrogen-bond acceptors (Lipinski definition) is 4. The number of amides is 2. The van der Waals surface area contributed by atoms with Crippen molar-refractivity contribution in [2.24, 2.45) is 5.92 Å². The minimum atomic E-state index is -3.46. The minimum Gasteiger partial charge on any atom is -0.352 e. The summed E-state index contributed by atoms with van der Waals surface area (Å²) in [4.78, 5) is 26.1. The van der Waals surface area contributed by atoms with E-state index in [0.717, 1.165) is 9.87 Å². The lowest BCUT2D eigenvalue weighted by atomic mass is 10.1. The molecule has 2 amide bonds. The summed E-state index contributed by atoms with van der Waals surface area (Å²) >= 11 is 0. The lowest BCUT2D eigenvalue weighted by Gasteiger charge is -2.20. The average Bonchev–Trinajstić information content (AvgIpc) is 2.95. The van der Waals surface area contributed by atoms with Crippen molar-refractivity contribution < 1.29 is 18.0 Å². The zero-order valence-electron chi connectivity index (χ0n) is 15.0. The SMILES string of the molecule is CC(C)N1C[C@@H](C(=O)NCc2ccc(S(=O)(=O)N(C)C)cc2)CC1=O. The Morgan fingerprint density at radius 2 is 1.88 bits per heavy atom. The molecule has 2 rings (SSSR count). The molecule has 1 atom stereocenters. The van der Waals surface area contributed by atoms with Crippen LogP contribution >= 0.6 is 0 Å². The summed E-state index contributed by atoms with van der Waals surface area (Å²) in [5, 5.41) is 2.82. The van der Waals surface area contributed by atoms with E-state index < -0.39 is 10.0 Å². The third-order valence-corrected chi connectivity index (χ3v) is 6.15. The number of carbonyl (C=O) groups excluding carboxylic acids is 2. The first-order chi connectivity index (χ1) is 11.6. The monoisotopic (exact) mass is 367 g/mol. The molecule has 1 N–H and O–H groups in total. The summed E-state index contributed by atoms with van der Waals surface area (Å²) in [5.74, 6) is -0.474. The van der Waals surface area contributed by atoms with E-state index in [1.54, 1.807) is 17.0 Å².